The second-order valence-electron chi connectivity index (χ2n) is 3.04. The molecule has 1 rings (SSSR count). The Bertz CT molecular complexity index is 377. The first-order valence-electron chi connectivity index (χ1n) is 4.49. The predicted octanol–water partition coefficient (Wildman–Crippen LogP) is -0.0738. The van der Waals surface area contributed by atoms with E-state index in [1.165, 1.54) is 6.92 Å². The second kappa shape index (κ2) is 5.11. The lowest BCUT2D eigenvalue weighted by atomic mass is 10.1. The van der Waals surface area contributed by atoms with Gasteiger partial charge in [0.15, 0.2) is 0 Å². The molecule has 0 saturated heterocycles. The molecule has 15 heavy (non-hydrogen) atoms. The number of nitrogens with two attached hydrogens (primary N) is 1. The summed E-state index contributed by atoms with van der Waals surface area (Å²) in [4.78, 5) is 22.0. The van der Waals surface area contributed by atoms with E-state index < -0.39 is 0 Å². The van der Waals surface area contributed by atoms with E-state index in [1.807, 2.05) is 6.07 Å². The van der Waals surface area contributed by atoms with Gasteiger partial charge < -0.3 is 5.73 Å². The van der Waals surface area contributed by atoms with Crippen LogP contribution in [0.2, 0.25) is 0 Å². The SMILES string of the molecule is CC(=O)NNC(=O)c1cccc(CN)c1. The van der Waals surface area contributed by atoms with Crippen LogP contribution < -0.4 is 16.6 Å². The minimum atomic E-state index is -0.361. The van der Waals surface area contributed by atoms with Gasteiger partial charge in [0.1, 0.15) is 0 Å². The van der Waals surface area contributed by atoms with Crippen molar-refractivity contribution in [3.05, 3.63) is 35.4 Å². The molecule has 0 heterocycles. The Labute approximate surface area is 87.6 Å². The lowest BCUT2D eigenvalue weighted by molar-refractivity contribution is -0.119. The fourth-order valence-electron chi connectivity index (χ4n) is 1.06. The summed E-state index contributed by atoms with van der Waals surface area (Å²) in [6.45, 7) is 1.69. The molecule has 2 amide bonds. The van der Waals surface area contributed by atoms with Gasteiger partial charge in [0.2, 0.25) is 5.91 Å². The zero-order valence-electron chi connectivity index (χ0n) is 8.41. The molecule has 0 bridgehead atoms. The van der Waals surface area contributed by atoms with Crippen molar-refractivity contribution in [2.75, 3.05) is 0 Å². The Morgan fingerprint density at radius 2 is 2.07 bits per heavy atom. The minimum Gasteiger partial charge on any atom is -0.326 e. The molecular formula is C10H13N3O2. The third-order valence-electron chi connectivity index (χ3n) is 1.78. The third kappa shape index (κ3) is 3.40. The fraction of sp³-hybridized carbons (Fsp3) is 0.200. The van der Waals surface area contributed by atoms with E-state index in [1.54, 1.807) is 18.2 Å². The van der Waals surface area contributed by atoms with Crippen molar-refractivity contribution in [3.63, 3.8) is 0 Å². The summed E-state index contributed by atoms with van der Waals surface area (Å²) in [5.74, 6) is -0.682. The van der Waals surface area contributed by atoms with Crippen LogP contribution in [0.15, 0.2) is 24.3 Å². The highest BCUT2D eigenvalue weighted by Crippen LogP contribution is 2.03. The maximum absolute atomic E-state index is 11.5. The van der Waals surface area contributed by atoms with Crippen molar-refractivity contribution < 1.29 is 9.59 Å². The van der Waals surface area contributed by atoms with Gasteiger partial charge in [-0.2, -0.15) is 0 Å². The van der Waals surface area contributed by atoms with Crippen molar-refractivity contribution in [3.8, 4) is 0 Å². The fourth-order valence-corrected chi connectivity index (χ4v) is 1.06. The normalized spacial score (nSPS) is 9.47. The zero-order chi connectivity index (χ0) is 11.3. The highest BCUT2D eigenvalue weighted by Gasteiger charge is 2.05. The average molecular weight is 207 g/mol. The van der Waals surface area contributed by atoms with Crippen LogP contribution in [0.3, 0.4) is 0 Å². The molecule has 0 aliphatic heterocycles. The molecule has 0 spiro atoms. The number of benzene rings is 1. The predicted molar refractivity (Wildman–Crippen MR) is 55.6 cm³/mol. The van der Waals surface area contributed by atoms with Gasteiger partial charge in [-0.05, 0) is 17.7 Å². The van der Waals surface area contributed by atoms with E-state index in [2.05, 4.69) is 10.9 Å². The first-order valence-corrected chi connectivity index (χ1v) is 4.49. The maximum Gasteiger partial charge on any atom is 0.269 e. The summed E-state index contributed by atoms with van der Waals surface area (Å²) < 4.78 is 0. The number of hydrazine groups is 1. The topological polar surface area (TPSA) is 84.2 Å². The molecule has 5 nitrogen and oxygen atoms in total. The van der Waals surface area contributed by atoms with E-state index in [4.69, 9.17) is 5.73 Å². The van der Waals surface area contributed by atoms with Crippen LogP contribution in [-0.2, 0) is 11.3 Å². The van der Waals surface area contributed by atoms with Crippen molar-refractivity contribution in [1.29, 1.82) is 0 Å². The molecular weight excluding hydrogens is 194 g/mol. The molecule has 80 valence electrons. The van der Waals surface area contributed by atoms with Crippen molar-refractivity contribution >= 4 is 11.8 Å². The summed E-state index contributed by atoms with van der Waals surface area (Å²) in [6.07, 6.45) is 0. The molecule has 0 atom stereocenters. The van der Waals surface area contributed by atoms with Gasteiger partial charge in [-0.15, -0.1) is 0 Å². The average Bonchev–Trinajstić information content (AvgIpc) is 2.26. The third-order valence-corrected chi connectivity index (χ3v) is 1.78. The Kier molecular flexibility index (Phi) is 3.82. The number of carbonyl (C=O) groups excluding carboxylic acids is 2. The summed E-state index contributed by atoms with van der Waals surface area (Å²) in [5.41, 5.74) is 11.3. The van der Waals surface area contributed by atoms with Gasteiger partial charge in [-0.3, -0.25) is 20.4 Å². The molecule has 0 aliphatic rings. The Morgan fingerprint density at radius 3 is 2.67 bits per heavy atom. The largest absolute Gasteiger partial charge is 0.326 e. The van der Waals surface area contributed by atoms with E-state index in [0.29, 0.717) is 12.1 Å². The number of hydrogen-bond acceptors (Lipinski definition) is 3. The maximum atomic E-state index is 11.5. The number of carbonyl (C=O) groups is 2. The minimum absolute atomic E-state index is 0.321. The lowest BCUT2D eigenvalue weighted by Crippen LogP contribution is -2.40. The van der Waals surface area contributed by atoms with Crippen molar-refractivity contribution in [2.24, 2.45) is 5.73 Å². The number of rotatable bonds is 2. The Morgan fingerprint density at radius 1 is 1.33 bits per heavy atom. The van der Waals surface area contributed by atoms with Crippen LogP contribution in [0.1, 0.15) is 22.8 Å². The van der Waals surface area contributed by atoms with Crippen LogP contribution in [0.4, 0.5) is 0 Å². The molecule has 0 radical (unpaired) electrons. The van der Waals surface area contributed by atoms with Crippen LogP contribution in [0.25, 0.3) is 0 Å². The van der Waals surface area contributed by atoms with Crippen LogP contribution >= 0.6 is 0 Å². The molecule has 0 aromatic heterocycles. The van der Waals surface area contributed by atoms with E-state index in [9.17, 15) is 9.59 Å². The number of hydrogen-bond donors (Lipinski definition) is 3. The number of nitrogens with one attached hydrogen (secondary N) is 2. The monoisotopic (exact) mass is 207 g/mol. The number of amides is 2. The summed E-state index contributed by atoms with van der Waals surface area (Å²) in [5, 5.41) is 0. The van der Waals surface area contributed by atoms with E-state index in [0.717, 1.165) is 5.56 Å². The molecule has 5 heteroatoms. The van der Waals surface area contributed by atoms with Gasteiger partial charge in [0.05, 0.1) is 0 Å². The standard InChI is InChI=1S/C10H13N3O2/c1-7(14)12-13-10(15)9-4-2-3-8(5-9)6-11/h2-5H,6,11H2,1H3,(H,12,14)(H,13,15). The molecule has 0 fully saturated rings. The first-order chi connectivity index (χ1) is 7.13. The van der Waals surface area contributed by atoms with Gasteiger partial charge in [0, 0.05) is 19.0 Å². The van der Waals surface area contributed by atoms with E-state index >= 15 is 0 Å². The summed E-state index contributed by atoms with van der Waals surface area (Å²) in [7, 11) is 0. The lowest BCUT2D eigenvalue weighted by Gasteiger charge is -2.05. The first kappa shape index (κ1) is 11.2. The quantitative estimate of drug-likeness (QED) is 0.593. The molecule has 1 aromatic carbocycles. The zero-order valence-corrected chi connectivity index (χ0v) is 8.41. The van der Waals surface area contributed by atoms with E-state index in [-0.39, 0.29) is 11.8 Å². The second-order valence-corrected chi connectivity index (χ2v) is 3.04. The van der Waals surface area contributed by atoms with Crippen LogP contribution in [-0.4, -0.2) is 11.8 Å². The molecule has 0 unspecified atom stereocenters. The van der Waals surface area contributed by atoms with Gasteiger partial charge >= 0.3 is 0 Å². The van der Waals surface area contributed by atoms with Crippen molar-refractivity contribution in [2.45, 2.75) is 13.5 Å². The van der Waals surface area contributed by atoms with Gasteiger partial charge in [-0.1, -0.05) is 12.1 Å². The molecule has 0 saturated carbocycles. The van der Waals surface area contributed by atoms with Gasteiger partial charge in [0.25, 0.3) is 5.91 Å². The van der Waals surface area contributed by atoms with Crippen LogP contribution in [0.5, 0.6) is 0 Å². The molecule has 1 aromatic rings. The highest BCUT2D eigenvalue weighted by molar-refractivity contribution is 5.95. The molecule has 4 N–H and O–H groups in total. The Balaban J connectivity index is 2.69. The van der Waals surface area contributed by atoms with Crippen LogP contribution in [0, 0.1) is 0 Å². The summed E-state index contributed by atoms with van der Waals surface area (Å²) in [6, 6.07) is 6.90. The Hall–Kier alpha value is -1.88. The van der Waals surface area contributed by atoms with Crippen molar-refractivity contribution in [1.82, 2.24) is 10.9 Å². The highest BCUT2D eigenvalue weighted by atomic mass is 16.2. The van der Waals surface area contributed by atoms with Gasteiger partial charge in [-0.25, -0.2) is 0 Å². The summed E-state index contributed by atoms with van der Waals surface area (Å²) >= 11 is 0. The smallest absolute Gasteiger partial charge is 0.269 e. The molecule has 0 aliphatic carbocycles.